The molecule has 0 atom stereocenters. The third-order valence-electron chi connectivity index (χ3n) is 3.99. The molecule has 3 aromatic rings. The standard InChI is InChI=1S/C21H20ClN3O3S/c1-3-11-25-20(27)15-10-9-14(22)12-17(15)24-21(25)29-13-19(26)23-16-7-5-6-8-18(16)28-4-2/h3,5-10,12H,1,4,11,13H2,2H3,(H,23,26). The Morgan fingerprint density at radius 1 is 1.34 bits per heavy atom. The lowest BCUT2D eigenvalue weighted by Crippen LogP contribution is -2.24. The molecule has 2 aromatic carbocycles. The molecule has 0 spiro atoms. The van der Waals surface area contributed by atoms with Crippen LogP contribution in [0, 0.1) is 0 Å². The van der Waals surface area contributed by atoms with Gasteiger partial charge in [0, 0.05) is 11.6 Å². The maximum atomic E-state index is 12.8. The van der Waals surface area contributed by atoms with E-state index in [1.54, 1.807) is 36.4 Å². The Balaban J connectivity index is 1.82. The summed E-state index contributed by atoms with van der Waals surface area (Å²) in [6.45, 7) is 6.37. The van der Waals surface area contributed by atoms with Crippen molar-refractivity contribution in [3.8, 4) is 5.75 Å². The summed E-state index contributed by atoms with van der Waals surface area (Å²) >= 11 is 7.21. The predicted molar refractivity (Wildman–Crippen MR) is 118 cm³/mol. The zero-order chi connectivity index (χ0) is 20.8. The number of allylic oxidation sites excluding steroid dienone is 1. The Morgan fingerprint density at radius 2 is 2.14 bits per heavy atom. The first-order valence-corrected chi connectivity index (χ1v) is 10.3. The van der Waals surface area contributed by atoms with Gasteiger partial charge in [0.15, 0.2) is 5.16 Å². The number of amides is 1. The number of carbonyl (C=O) groups excluding carboxylic acids is 1. The van der Waals surface area contributed by atoms with Gasteiger partial charge >= 0.3 is 0 Å². The molecule has 6 nitrogen and oxygen atoms in total. The Bertz CT molecular complexity index is 1110. The Labute approximate surface area is 177 Å². The van der Waals surface area contributed by atoms with Crippen LogP contribution in [0.5, 0.6) is 5.75 Å². The van der Waals surface area contributed by atoms with Crippen molar-refractivity contribution >= 4 is 45.9 Å². The third kappa shape index (κ3) is 4.99. The molecule has 0 unspecified atom stereocenters. The summed E-state index contributed by atoms with van der Waals surface area (Å²) < 4.78 is 7.02. The van der Waals surface area contributed by atoms with Crippen LogP contribution in [-0.2, 0) is 11.3 Å². The van der Waals surface area contributed by atoms with E-state index in [0.29, 0.717) is 45.7 Å². The minimum atomic E-state index is -0.229. The van der Waals surface area contributed by atoms with E-state index in [1.807, 2.05) is 19.1 Å². The Kier molecular flexibility index (Phi) is 6.95. The number of para-hydroxylation sites is 2. The molecule has 0 aliphatic heterocycles. The van der Waals surface area contributed by atoms with E-state index in [2.05, 4.69) is 16.9 Å². The highest BCUT2D eigenvalue weighted by Gasteiger charge is 2.14. The summed E-state index contributed by atoms with van der Waals surface area (Å²) in [5.74, 6) is 0.457. The molecule has 0 saturated heterocycles. The number of nitrogens with one attached hydrogen (secondary N) is 1. The van der Waals surface area contributed by atoms with E-state index in [9.17, 15) is 9.59 Å². The van der Waals surface area contributed by atoms with Crippen molar-refractivity contribution in [3.63, 3.8) is 0 Å². The van der Waals surface area contributed by atoms with Gasteiger partial charge in [-0.15, -0.1) is 6.58 Å². The van der Waals surface area contributed by atoms with Gasteiger partial charge in [-0.2, -0.15) is 0 Å². The monoisotopic (exact) mass is 429 g/mol. The lowest BCUT2D eigenvalue weighted by Gasteiger charge is -2.13. The normalized spacial score (nSPS) is 10.7. The number of rotatable bonds is 8. The number of ether oxygens (including phenoxy) is 1. The highest BCUT2D eigenvalue weighted by molar-refractivity contribution is 7.99. The maximum absolute atomic E-state index is 12.8. The van der Waals surface area contributed by atoms with Gasteiger partial charge in [0.25, 0.3) is 5.56 Å². The molecular weight excluding hydrogens is 410 g/mol. The smallest absolute Gasteiger partial charge is 0.262 e. The molecule has 1 heterocycles. The van der Waals surface area contributed by atoms with E-state index in [1.165, 1.54) is 16.3 Å². The van der Waals surface area contributed by atoms with Crippen molar-refractivity contribution in [3.05, 3.63) is 70.5 Å². The number of carbonyl (C=O) groups is 1. The maximum Gasteiger partial charge on any atom is 0.262 e. The molecule has 3 rings (SSSR count). The fraction of sp³-hybridized carbons (Fsp3) is 0.190. The second-order valence-corrected chi connectivity index (χ2v) is 7.41. The highest BCUT2D eigenvalue weighted by atomic mass is 35.5. The minimum Gasteiger partial charge on any atom is -0.492 e. The number of halogens is 1. The summed E-state index contributed by atoms with van der Waals surface area (Å²) in [5.41, 5.74) is 0.894. The van der Waals surface area contributed by atoms with Gasteiger partial charge in [0.1, 0.15) is 5.75 Å². The number of hydrogen-bond donors (Lipinski definition) is 1. The average molecular weight is 430 g/mol. The van der Waals surface area contributed by atoms with Crippen molar-refractivity contribution < 1.29 is 9.53 Å². The Morgan fingerprint density at radius 3 is 2.90 bits per heavy atom. The lowest BCUT2D eigenvalue weighted by atomic mass is 10.2. The van der Waals surface area contributed by atoms with Crippen LogP contribution in [0.2, 0.25) is 5.02 Å². The van der Waals surface area contributed by atoms with Gasteiger partial charge in [-0.25, -0.2) is 4.98 Å². The molecule has 0 radical (unpaired) electrons. The van der Waals surface area contributed by atoms with Crippen LogP contribution < -0.4 is 15.6 Å². The van der Waals surface area contributed by atoms with Gasteiger partial charge < -0.3 is 10.1 Å². The lowest BCUT2D eigenvalue weighted by molar-refractivity contribution is -0.113. The van der Waals surface area contributed by atoms with Gasteiger partial charge in [-0.3, -0.25) is 14.2 Å². The van der Waals surface area contributed by atoms with Crippen LogP contribution in [0.4, 0.5) is 5.69 Å². The molecule has 0 fully saturated rings. The summed E-state index contributed by atoms with van der Waals surface area (Å²) in [6, 6.07) is 12.2. The molecule has 8 heteroatoms. The fourth-order valence-electron chi connectivity index (χ4n) is 2.74. The molecule has 29 heavy (non-hydrogen) atoms. The first-order chi connectivity index (χ1) is 14.0. The van der Waals surface area contributed by atoms with E-state index >= 15 is 0 Å². The molecule has 1 aromatic heterocycles. The number of fused-ring (bicyclic) bond motifs is 1. The summed E-state index contributed by atoms with van der Waals surface area (Å²) in [7, 11) is 0. The largest absolute Gasteiger partial charge is 0.492 e. The number of aromatic nitrogens is 2. The molecule has 1 amide bonds. The summed E-state index contributed by atoms with van der Waals surface area (Å²) in [5, 5.41) is 4.23. The van der Waals surface area contributed by atoms with Crippen molar-refractivity contribution in [2.45, 2.75) is 18.6 Å². The minimum absolute atomic E-state index is 0.0795. The molecule has 0 saturated carbocycles. The predicted octanol–water partition coefficient (Wildman–Crippen LogP) is 4.37. The summed E-state index contributed by atoms with van der Waals surface area (Å²) in [6.07, 6.45) is 1.62. The van der Waals surface area contributed by atoms with Gasteiger partial charge in [0.2, 0.25) is 5.91 Å². The van der Waals surface area contributed by atoms with E-state index in [4.69, 9.17) is 16.3 Å². The number of anilines is 1. The quantitative estimate of drug-likeness (QED) is 0.327. The van der Waals surface area contributed by atoms with Crippen molar-refractivity contribution in [1.82, 2.24) is 9.55 Å². The number of thioether (sulfide) groups is 1. The SMILES string of the molecule is C=CCn1c(SCC(=O)Nc2ccccc2OCC)nc2cc(Cl)ccc2c1=O. The van der Waals surface area contributed by atoms with Gasteiger partial charge in [-0.05, 0) is 37.3 Å². The molecule has 0 aliphatic rings. The topological polar surface area (TPSA) is 73.2 Å². The summed E-state index contributed by atoms with van der Waals surface area (Å²) in [4.78, 5) is 29.8. The van der Waals surface area contributed by atoms with Gasteiger partial charge in [0.05, 0.1) is 29.0 Å². The van der Waals surface area contributed by atoms with E-state index < -0.39 is 0 Å². The zero-order valence-electron chi connectivity index (χ0n) is 15.9. The average Bonchev–Trinajstić information content (AvgIpc) is 2.70. The van der Waals surface area contributed by atoms with E-state index in [0.717, 1.165) is 0 Å². The number of nitrogens with zero attached hydrogens (tertiary/aromatic N) is 2. The Hall–Kier alpha value is -2.77. The second-order valence-electron chi connectivity index (χ2n) is 6.03. The van der Waals surface area contributed by atoms with Crippen LogP contribution in [0.1, 0.15) is 6.92 Å². The third-order valence-corrected chi connectivity index (χ3v) is 5.20. The van der Waals surface area contributed by atoms with Gasteiger partial charge in [-0.1, -0.05) is 41.6 Å². The highest BCUT2D eigenvalue weighted by Crippen LogP contribution is 2.25. The first kappa shape index (κ1) is 21.0. The number of benzene rings is 2. The van der Waals surface area contributed by atoms with Crippen molar-refractivity contribution in [1.29, 1.82) is 0 Å². The fourth-order valence-corrected chi connectivity index (χ4v) is 3.72. The van der Waals surface area contributed by atoms with Crippen LogP contribution in [0.25, 0.3) is 10.9 Å². The van der Waals surface area contributed by atoms with E-state index in [-0.39, 0.29) is 17.2 Å². The molecule has 150 valence electrons. The molecule has 1 N–H and O–H groups in total. The van der Waals surface area contributed by atoms with Crippen LogP contribution in [0.15, 0.2) is 65.1 Å². The van der Waals surface area contributed by atoms with Crippen LogP contribution >= 0.6 is 23.4 Å². The number of hydrogen-bond acceptors (Lipinski definition) is 5. The second kappa shape index (κ2) is 9.62. The molecular formula is C21H20ClN3O3S. The molecule has 0 aliphatic carbocycles. The van der Waals surface area contributed by atoms with Crippen LogP contribution in [0.3, 0.4) is 0 Å². The van der Waals surface area contributed by atoms with Crippen molar-refractivity contribution in [2.75, 3.05) is 17.7 Å². The van der Waals surface area contributed by atoms with Crippen LogP contribution in [-0.4, -0.2) is 27.8 Å². The van der Waals surface area contributed by atoms with Crippen molar-refractivity contribution in [2.24, 2.45) is 0 Å². The zero-order valence-corrected chi connectivity index (χ0v) is 17.4. The molecule has 0 bridgehead atoms. The first-order valence-electron chi connectivity index (χ1n) is 8.99.